The Bertz CT molecular complexity index is 601. The summed E-state index contributed by atoms with van der Waals surface area (Å²) in [6, 6.07) is 6.03. The molecule has 0 saturated heterocycles. The number of nitrogens with zero attached hydrogens (tertiary/aromatic N) is 2. The highest BCUT2D eigenvalue weighted by atomic mass is 79.9. The summed E-state index contributed by atoms with van der Waals surface area (Å²) in [5, 5.41) is 4.04. The number of aryl methyl sites for hydroxylation is 1. The van der Waals surface area contributed by atoms with Gasteiger partial charge in [-0.2, -0.15) is 4.98 Å². The molecule has 1 atom stereocenters. The molecule has 1 aromatic heterocycles. The lowest BCUT2D eigenvalue weighted by molar-refractivity contribution is 0.286. The highest BCUT2D eigenvalue weighted by Crippen LogP contribution is 2.27. The van der Waals surface area contributed by atoms with Crippen LogP contribution in [0.4, 0.5) is 0 Å². The van der Waals surface area contributed by atoms with Crippen molar-refractivity contribution in [1.82, 2.24) is 10.1 Å². The highest BCUT2D eigenvalue weighted by Gasteiger charge is 2.23. The zero-order chi connectivity index (χ0) is 14.9. The minimum absolute atomic E-state index is 0.0130. The van der Waals surface area contributed by atoms with E-state index in [9.17, 15) is 0 Å². The molecule has 0 bridgehead atoms. The van der Waals surface area contributed by atoms with E-state index in [1.54, 1.807) is 0 Å². The van der Waals surface area contributed by atoms with E-state index in [1.165, 1.54) is 5.56 Å². The van der Waals surface area contributed by atoms with Crippen molar-refractivity contribution in [3.8, 4) is 11.4 Å². The quantitative estimate of drug-likeness (QED) is 0.926. The molecule has 0 spiro atoms. The van der Waals surface area contributed by atoms with E-state index in [-0.39, 0.29) is 11.5 Å². The van der Waals surface area contributed by atoms with Gasteiger partial charge in [0, 0.05) is 22.5 Å². The van der Waals surface area contributed by atoms with Gasteiger partial charge in [-0.05, 0) is 30.0 Å². The van der Waals surface area contributed by atoms with Gasteiger partial charge in [-0.15, -0.1) is 0 Å². The second-order valence-electron chi connectivity index (χ2n) is 6.17. The molecule has 1 aromatic carbocycles. The Morgan fingerprint density at radius 1 is 1.35 bits per heavy atom. The van der Waals surface area contributed by atoms with E-state index in [1.807, 2.05) is 25.1 Å². The van der Waals surface area contributed by atoms with Crippen molar-refractivity contribution in [3.05, 3.63) is 34.1 Å². The van der Waals surface area contributed by atoms with Crippen LogP contribution in [0.15, 0.2) is 27.2 Å². The third-order valence-corrected chi connectivity index (χ3v) is 4.00. The molecule has 0 saturated carbocycles. The average molecular weight is 338 g/mol. The normalized spacial score (nSPS) is 13.5. The minimum Gasteiger partial charge on any atom is -0.339 e. The van der Waals surface area contributed by atoms with Crippen LogP contribution in [-0.2, 0) is 6.42 Å². The monoisotopic (exact) mass is 337 g/mol. The summed E-state index contributed by atoms with van der Waals surface area (Å²) in [6.07, 6.45) is 0.583. The Kier molecular flexibility index (Phi) is 4.30. The second kappa shape index (κ2) is 5.66. The van der Waals surface area contributed by atoms with Crippen LogP contribution in [0.3, 0.4) is 0 Å². The predicted octanol–water partition coefficient (Wildman–Crippen LogP) is 3.72. The molecule has 0 amide bonds. The van der Waals surface area contributed by atoms with Gasteiger partial charge in [0.05, 0.1) is 0 Å². The molecule has 0 aliphatic carbocycles. The highest BCUT2D eigenvalue weighted by molar-refractivity contribution is 9.10. The molecule has 1 heterocycles. The molecule has 0 radical (unpaired) electrons. The Labute approximate surface area is 127 Å². The molecular formula is C15H20BrN3O. The van der Waals surface area contributed by atoms with E-state index in [2.05, 4.69) is 46.8 Å². The Morgan fingerprint density at radius 2 is 2.05 bits per heavy atom. The smallest absolute Gasteiger partial charge is 0.228 e. The first-order chi connectivity index (χ1) is 9.27. The van der Waals surface area contributed by atoms with Crippen molar-refractivity contribution < 1.29 is 4.52 Å². The number of halogens is 1. The van der Waals surface area contributed by atoms with Crippen molar-refractivity contribution in [2.45, 2.75) is 40.2 Å². The molecule has 5 heteroatoms. The third-order valence-electron chi connectivity index (χ3n) is 3.34. The zero-order valence-corrected chi connectivity index (χ0v) is 13.9. The molecule has 1 unspecified atom stereocenters. The van der Waals surface area contributed by atoms with Gasteiger partial charge >= 0.3 is 0 Å². The van der Waals surface area contributed by atoms with Crippen molar-refractivity contribution in [2.75, 3.05) is 0 Å². The summed E-state index contributed by atoms with van der Waals surface area (Å²) >= 11 is 3.53. The van der Waals surface area contributed by atoms with Crippen LogP contribution >= 0.6 is 15.9 Å². The average Bonchev–Trinajstić information content (AvgIpc) is 2.76. The van der Waals surface area contributed by atoms with Gasteiger partial charge in [0.2, 0.25) is 11.7 Å². The molecular weight excluding hydrogens is 318 g/mol. The SMILES string of the molecule is Cc1ccc(-c2noc(CC(N)C(C)(C)C)n2)c(Br)c1. The molecule has 2 rings (SSSR count). The van der Waals surface area contributed by atoms with Gasteiger partial charge in [0.1, 0.15) is 0 Å². The topological polar surface area (TPSA) is 64.9 Å². The summed E-state index contributed by atoms with van der Waals surface area (Å²) in [5.74, 6) is 1.17. The summed E-state index contributed by atoms with van der Waals surface area (Å²) in [5.41, 5.74) is 8.26. The van der Waals surface area contributed by atoms with E-state index >= 15 is 0 Å². The molecule has 0 aliphatic heterocycles. The molecule has 2 aromatic rings. The van der Waals surface area contributed by atoms with Crippen molar-refractivity contribution in [1.29, 1.82) is 0 Å². The summed E-state index contributed by atoms with van der Waals surface area (Å²) in [7, 11) is 0. The molecule has 0 aliphatic rings. The van der Waals surface area contributed by atoms with Gasteiger partial charge in [-0.1, -0.05) is 47.9 Å². The number of hydrogen-bond acceptors (Lipinski definition) is 4. The molecule has 0 fully saturated rings. The van der Waals surface area contributed by atoms with Gasteiger partial charge in [0.15, 0.2) is 0 Å². The van der Waals surface area contributed by atoms with E-state index in [0.717, 1.165) is 10.0 Å². The van der Waals surface area contributed by atoms with Crippen LogP contribution in [-0.4, -0.2) is 16.2 Å². The lowest BCUT2D eigenvalue weighted by Gasteiger charge is -2.25. The first-order valence-corrected chi connectivity index (χ1v) is 7.41. The molecule has 2 N–H and O–H groups in total. The number of rotatable bonds is 3. The fourth-order valence-corrected chi connectivity index (χ4v) is 2.41. The first kappa shape index (κ1) is 15.2. The van der Waals surface area contributed by atoms with E-state index < -0.39 is 0 Å². The molecule has 108 valence electrons. The maximum Gasteiger partial charge on any atom is 0.228 e. The number of hydrogen-bond donors (Lipinski definition) is 1. The number of benzene rings is 1. The van der Waals surface area contributed by atoms with E-state index in [0.29, 0.717) is 18.1 Å². The first-order valence-electron chi connectivity index (χ1n) is 6.62. The lowest BCUT2D eigenvalue weighted by Crippen LogP contribution is -2.36. The van der Waals surface area contributed by atoms with Crippen LogP contribution in [0.1, 0.15) is 32.2 Å². The van der Waals surface area contributed by atoms with Crippen molar-refractivity contribution in [2.24, 2.45) is 11.1 Å². The van der Waals surface area contributed by atoms with Crippen LogP contribution in [0.25, 0.3) is 11.4 Å². The molecule has 4 nitrogen and oxygen atoms in total. The van der Waals surface area contributed by atoms with Gasteiger partial charge in [-0.25, -0.2) is 0 Å². The lowest BCUT2D eigenvalue weighted by atomic mass is 9.85. The summed E-state index contributed by atoms with van der Waals surface area (Å²) < 4.78 is 6.27. The summed E-state index contributed by atoms with van der Waals surface area (Å²) in [6.45, 7) is 8.35. The fraction of sp³-hybridized carbons (Fsp3) is 0.467. The fourth-order valence-electron chi connectivity index (χ4n) is 1.74. The van der Waals surface area contributed by atoms with Crippen LogP contribution in [0.2, 0.25) is 0 Å². The van der Waals surface area contributed by atoms with Crippen LogP contribution in [0, 0.1) is 12.3 Å². The number of aromatic nitrogens is 2. The van der Waals surface area contributed by atoms with Crippen LogP contribution in [0.5, 0.6) is 0 Å². The Balaban J connectivity index is 2.21. The minimum atomic E-state index is -0.0164. The summed E-state index contributed by atoms with van der Waals surface area (Å²) in [4.78, 5) is 4.44. The van der Waals surface area contributed by atoms with Crippen molar-refractivity contribution in [3.63, 3.8) is 0 Å². The van der Waals surface area contributed by atoms with Gasteiger partial charge in [0.25, 0.3) is 0 Å². The maximum atomic E-state index is 6.14. The van der Waals surface area contributed by atoms with Gasteiger partial charge in [-0.3, -0.25) is 0 Å². The maximum absolute atomic E-state index is 6.14. The van der Waals surface area contributed by atoms with Crippen molar-refractivity contribution >= 4 is 15.9 Å². The van der Waals surface area contributed by atoms with Crippen LogP contribution < -0.4 is 5.73 Å². The second-order valence-corrected chi connectivity index (χ2v) is 7.03. The molecule has 20 heavy (non-hydrogen) atoms. The zero-order valence-electron chi connectivity index (χ0n) is 12.3. The Morgan fingerprint density at radius 3 is 2.65 bits per heavy atom. The third kappa shape index (κ3) is 3.46. The van der Waals surface area contributed by atoms with Gasteiger partial charge < -0.3 is 10.3 Å². The standard InChI is InChI=1S/C15H20BrN3O/c1-9-5-6-10(11(16)7-9)14-18-13(20-19-14)8-12(17)15(2,3)4/h5-7,12H,8,17H2,1-4H3. The predicted molar refractivity (Wildman–Crippen MR) is 83.3 cm³/mol. The number of nitrogens with two attached hydrogens (primary N) is 1. The Hall–Kier alpha value is -1.20. The largest absolute Gasteiger partial charge is 0.339 e. The van der Waals surface area contributed by atoms with E-state index in [4.69, 9.17) is 10.3 Å².